The predicted octanol–water partition coefficient (Wildman–Crippen LogP) is 3.45. The van der Waals surface area contributed by atoms with Gasteiger partial charge in [-0.1, -0.05) is 15.9 Å². The molecule has 0 radical (unpaired) electrons. The maximum absolute atomic E-state index is 12.6. The van der Waals surface area contributed by atoms with Crippen molar-refractivity contribution in [2.75, 3.05) is 38.2 Å². The van der Waals surface area contributed by atoms with E-state index in [2.05, 4.69) is 20.8 Å². The molecule has 0 saturated carbocycles. The minimum absolute atomic E-state index is 0.184. The molecule has 0 bridgehead atoms. The fourth-order valence-electron chi connectivity index (χ4n) is 3.03. The van der Waals surface area contributed by atoms with E-state index < -0.39 is 12.1 Å². The highest BCUT2D eigenvalue weighted by atomic mass is 79.9. The molecule has 0 amide bonds. The number of halogens is 4. The molecule has 0 N–H and O–H groups in total. The number of piperidine rings is 1. The van der Waals surface area contributed by atoms with Crippen LogP contribution < -0.4 is 0 Å². The second kappa shape index (κ2) is 6.31. The fraction of sp³-hybridized carbons (Fsp3) is 1.00. The highest BCUT2D eigenvalue weighted by Crippen LogP contribution is 2.37. The summed E-state index contributed by atoms with van der Waals surface area (Å²) in [6.07, 6.45) is -1.52. The largest absolute Gasteiger partial charge is 0.391 e. The molecule has 2 aliphatic heterocycles. The summed E-state index contributed by atoms with van der Waals surface area (Å²) in [7, 11) is 0. The van der Waals surface area contributed by atoms with Crippen LogP contribution in [0, 0.1) is 11.3 Å². The van der Waals surface area contributed by atoms with Gasteiger partial charge in [0.15, 0.2) is 0 Å². The average molecular weight is 344 g/mol. The highest BCUT2D eigenvalue weighted by molar-refractivity contribution is 9.09. The van der Waals surface area contributed by atoms with E-state index in [-0.39, 0.29) is 18.3 Å². The first-order valence-electron chi connectivity index (χ1n) is 6.88. The van der Waals surface area contributed by atoms with Crippen LogP contribution in [-0.2, 0) is 4.74 Å². The zero-order valence-electron chi connectivity index (χ0n) is 11.0. The molecule has 2 rings (SSSR count). The van der Waals surface area contributed by atoms with Gasteiger partial charge < -0.3 is 9.64 Å². The van der Waals surface area contributed by atoms with E-state index in [0.717, 1.165) is 37.9 Å². The molecule has 0 spiro atoms. The van der Waals surface area contributed by atoms with E-state index in [4.69, 9.17) is 4.74 Å². The molecule has 6 heteroatoms. The molecule has 0 aliphatic carbocycles. The smallest absolute Gasteiger partial charge is 0.381 e. The molecular weight excluding hydrogens is 323 g/mol. The molecule has 112 valence electrons. The van der Waals surface area contributed by atoms with Crippen LogP contribution in [0.5, 0.6) is 0 Å². The van der Waals surface area contributed by atoms with Crippen molar-refractivity contribution in [3.63, 3.8) is 0 Å². The van der Waals surface area contributed by atoms with Crippen LogP contribution in [0.25, 0.3) is 0 Å². The zero-order chi connectivity index (χ0) is 13.9. The highest BCUT2D eigenvalue weighted by Gasteiger charge is 2.42. The van der Waals surface area contributed by atoms with Crippen molar-refractivity contribution in [3.8, 4) is 0 Å². The van der Waals surface area contributed by atoms with Crippen LogP contribution in [0.1, 0.15) is 25.7 Å². The minimum Gasteiger partial charge on any atom is -0.381 e. The van der Waals surface area contributed by atoms with Gasteiger partial charge in [-0.3, -0.25) is 0 Å². The molecule has 0 atom stereocenters. The maximum atomic E-state index is 12.6. The minimum atomic E-state index is -4.02. The zero-order valence-corrected chi connectivity index (χ0v) is 12.6. The van der Waals surface area contributed by atoms with Gasteiger partial charge in [-0.25, -0.2) is 0 Å². The van der Waals surface area contributed by atoms with E-state index in [1.165, 1.54) is 0 Å². The van der Waals surface area contributed by atoms with Crippen molar-refractivity contribution >= 4 is 15.9 Å². The number of alkyl halides is 4. The van der Waals surface area contributed by atoms with E-state index in [1.54, 1.807) is 0 Å². The number of hydrogen-bond acceptors (Lipinski definition) is 2. The Bertz CT molecular complexity index is 284. The first-order valence-corrected chi connectivity index (χ1v) is 8.00. The molecule has 0 aromatic carbocycles. The van der Waals surface area contributed by atoms with E-state index in [0.29, 0.717) is 13.1 Å². The molecule has 0 aromatic rings. The molecule has 2 heterocycles. The summed E-state index contributed by atoms with van der Waals surface area (Å²) in [5.41, 5.74) is 0.184. The molecule has 0 aromatic heterocycles. The van der Waals surface area contributed by atoms with Crippen molar-refractivity contribution in [1.29, 1.82) is 0 Å². The summed E-state index contributed by atoms with van der Waals surface area (Å²) in [5, 5.41) is 0.905. The summed E-state index contributed by atoms with van der Waals surface area (Å²) in [4.78, 5) is 2.20. The topological polar surface area (TPSA) is 12.5 Å². The Balaban J connectivity index is 1.84. The molecule has 2 saturated heterocycles. The van der Waals surface area contributed by atoms with Crippen molar-refractivity contribution in [2.24, 2.45) is 11.3 Å². The van der Waals surface area contributed by atoms with Gasteiger partial charge in [-0.2, -0.15) is 13.2 Å². The van der Waals surface area contributed by atoms with Gasteiger partial charge in [-0.15, -0.1) is 0 Å². The summed E-state index contributed by atoms with van der Waals surface area (Å²) in [5.74, 6) is -1.10. The summed E-state index contributed by atoms with van der Waals surface area (Å²) in [6, 6.07) is 0. The number of ether oxygens (including phenoxy) is 1. The lowest BCUT2D eigenvalue weighted by Gasteiger charge is -2.42. The Morgan fingerprint density at radius 1 is 1.16 bits per heavy atom. The monoisotopic (exact) mass is 343 g/mol. The molecule has 19 heavy (non-hydrogen) atoms. The lowest BCUT2D eigenvalue weighted by molar-refractivity contribution is -0.185. The third-order valence-electron chi connectivity index (χ3n) is 4.45. The van der Waals surface area contributed by atoms with Crippen molar-refractivity contribution in [2.45, 2.75) is 31.9 Å². The second-order valence-electron chi connectivity index (χ2n) is 5.84. The number of hydrogen-bond donors (Lipinski definition) is 0. The lowest BCUT2D eigenvalue weighted by atomic mass is 9.81. The average Bonchev–Trinajstić information content (AvgIpc) is 2.39. The van der Waals surface area contributed by atoms with Gasteiger partial charge >= 0.3 is 6.18 Å². The summed E-state index contributed by atoms with van der Waals surface area (Å²) < 4.78 is 43.3. The van der Waals surface area contributed by atoms with E-state index in [1.807, 2.05) is 0 Å². The Hall–Kier alpha value is 0.190. The first kappa shape index (κ1) is 15.6. The summed E-state index contributed by atoms with van der Waals surface area (Å²) in [6.45, 7) is 3.57. The van der Waals surface area contributed by atoms with E-state index in [9.17, 15) is 13.2 Å². The quantitative estimate of drug-likeness (QED) is 0.727. The maximum Gasteiger partial charge on any atom is 0.391 e. The first-order chi connectivity index (χ1) is 8.95. The van der Waals surface area contributed by atoms with Crippen molar-refractivity contribution in [3.05, 3.63) is 0 Å². The van der Waals surface area contributed by atoms with Crippen LogP contribution in [0.3, 0.4) is 0 Å². The van der Waals surface area contributed by atoms with Gasteiger partial charge in [-0.05, 0) is 44.2 Å². The molecule has 2 fully saturated rings. The number of likely N-dealkylation sites (tertiary alicyclic amines) is 1. The van der Waals surface area contributed by atoms with Crippen LogP contribution in [-0.4, -0.2) is 49.3 Å². The third-order valence-corrected chi connectivity index (χ3v) is 5.64. The molecular formula is C13H21BrF3NO. The predicted molar refractivity (Wildman–Crippen MR) is 71.5 cm³/mol. The number of rotatable bonds is 3. The SMILES string of the molecule is FC(F)(F)C1CCN(CC2(CBr)CCOCC2)CC1. The number of nitrogens with zero attached hydrogens (tertiary/aromatic N) is 1. The standard InChI is InChI=1S/C13H21BrF3NO/c14-9-12(3-7-19-8-4-12)10-18-5-1-11(2-6-18)13(15,16)17/h11H,1-10H2. The Labute approximate surface area is 120 Å². The Kier molecular flexibility index (Phi) is 5.17. The lowest BCUT2D eigenvalue weighted by Crippen LogP contribution is -2.47. The van der Waals surface area contributed by atoms with Crippen molar-refractivity contribution in [1.82, 2.24) is 4.90 Å². The Morgan fingerprint density at radius 3 is 2.21 bits per heavy atom. The fourth-order valence-corrected chi connectivity index (χ4v) is 3.77. The van der Waals surface area contributed by atoms with Crippen LogP contribution >= 0.6 is 15.9 Å². The van der Waals surface area contributed by atoms with Crippen LogP contribution in [0.2, 0.25) is 0 Å². The van der Waals surface area contributed by atoms with Gasteiger partial charge in [0.05, 0.1) is 5.92 Å². The van der Waals surface area contributed by atoms with Gasteiger partial charge in [0, 0.05) is 25.1 Å². The summed E-state index contributed by atoms with van der Waals surface area (Å²) >= 11 is 3.58. The van der Waals surface area contributed by atoms with Gasteiger partial charge in [0.1, 0.15) is 0 Å². The van der Waals surface area contributed by atoms with Gasteiger partial charge in [0.25, 0.3) is 0 Å². The molecule has 0 unspecified atom stereocenters. The van der Waals surface area contributed by atoms with E-state index >= 15 is 0 Å². The normalized spacial score (nSPS) is 26.5. The van der Waals surface area contributed by atoms with Crippen molar-refractivity contribution < 1.29 is 17.9 Å². The molecule has 2 nitrogen and oxygen atoms in total. The second-order valence-corrected chi connectivity index (χ2v) is 6.40. The van der Waals surface area contributed by atoms with Crippen LogP contribution in [0.15, 0.2) is 0 Å². The third kappa shape index (κ3) is 4.08. The van der Waals surface area contributed by atoms with Crippen LogP contribution in [0.4, 0.5) is 13.2 Å². The van der Waals surface area contributed by atoms with Gasteiger partial charge in [0.2, 0.25) is 0 Å². The Morgan fingerprint density at radius 2 is 1.74 bits per heavy atom. The molecule has 2 aliphatic rings.